The first-order valence-electron chi connectivity index (χ1n) is 21.6. The molecule has 0 unspecified atom stereocenters. The van der Waals surface area contributed by atoms with E-state index in [0.29, 0.717) is 0 Å². The van der Waals surface area contributed by atoms with Crippen molar-refractivity contribution in [3.8, 4) is 22.3 Å². The number of fused-ring (bicyclic) bond motifs is 3. The third-order valence-electron chi connectivity index (χ3n) is 11.2. The Hall–Kier alpha value is -6.87. The third kappa shape index (κ3) is 11.9. The average Bonchev–Trinajstić information content (AvgIpc) is 3.68. The molecule has 1 nitrogen and oxygen atoms in total. The van der Waals surface area contributed by atoms with Crippen LogP contribution >= 0.6 is 11.3 Å². The molecule has 2 heteroatoms. The number of hydrogen-bond acceptors (Lipinski definition) is 2. The van der Waals surface area contributed by atoms with Crippen LogP contribution in [0.5, 0.6) is 0 Å². The van der Waals surface area contributed by atoms with Crippen LogP contribution in [0.15, 0.2) is 206 Å². The van der Waals surface area contributed by atoms with Gasteiger partial charge in [0.1, 0.15) is 0 Å². The first kappa shape index (κ1) is 45.7. The zero-order chi connectivity index (χ0) is 44.9. The molecule has 0 spiro atoms. The van der Waals surface area contributed by atoms with Crippen molar-refractivity contribution in [3.63, 3.8) is 0 Å². The van der Waals surface area contributed by atoms with E-state index in [2.05, 4.69) is 181 Å². The van der Waals surface area contributed by atoms with Gasteiger partial charge in [-0.1, -0.05) is 206 Å². The molecule has 1 heterocycles. The lowest BCUT2D eigenvalue weighted by atomic mass is 9.88. The molecule has 314 valence electrons. The molecule has 0 amide bonds. The summed E-state index contributed by atoms with van der Waals surface area (Å²) < 4.78 is 2.77. The Kier molecular flexibility index (Phi) is 15.8. The SMILES string of the molecule is C=C(C)c1ccc(C)cc1.C=C(N=C(C)c1ccccc1)c1ccccc1.Cc1ccccc1.Cc1ccccc1-c1cc(-c2ccc3c(sc4ccccc43)c2C)c(C)cc1C. The molecular formula is C61H59NS. The van der Waals surface area contributed by atoms with E-state index in [9.17, 15) is 0 Å². The molecule has 9 rings (SSSR count). The Morgan fingerprint density at radius 2 is 0.937 bits per heavy atom. The Bertz CT molecular complexity index is 2970. The number of aryl methyl sites for hydroxylation is 6. The molecule has 0 saturated heterocycles. The molecule has 0 fully saturated rings. The van der Waals surface area contributed by atoms with Crippen LogP contribution in [0.25, 0.3) is 53.7 Å². The quantitative estimate of drug-likeness (QED) is 0.148. The van der Waals surface area contributed by atoms with Gasteiger partial charge in [-0.25, -0.2) is 0 Å². The van der Waals surface area contributed by atoms with Gasteiger partial charge in [0.05, 0.1) is 5.70 Å². The van der Waals surface area contributed by atoms with Gasteiger partial charge in [-0.15, -0.1) is 11.3 Å². The molecule has 63 heavy (non-hydrogen) atoms. The third-order valence-corrected chi connectivity index (χ3v) is 12.5. The minimum absolute atomic E-state index is 0.798. The molecule has 8 aromatic carbocycles. The van der Waals surface area contributed by atoms with Gasteiger partial charge in [-0.2, -0.15) is 0 Å². The summed E-state index contributed by atoms with van der Waals surface area (Å²) in [5.41, 5.74) is 19.7. The van der Waals surface area contributed by atoms with Crippen molar-refractivity contribution >= 4 is 48.5 Å². The number of hydrogen-bond donors (Lipinski definition) is 0. The highest BCUT2D eigenvalue weighted by molar-refractivity contribution is 7.26. The topological polar surface area (TPSA) is 12.4 Å². The smallest absolute Gasteiger partial charge is 0.0633 e. The number of rotatable bonds is 6. The molecule has 0 radical (unpaired) electrons. The molecule has 0 aliphatic heterocycles. The van der Waals surface area contributed by atoms with Gasteiger partial charge in [-0.05, 0) is 129 Å². The maximum atomic E-state index is 4.54. The van der Waals surface area contributed by atoms with Gasteiger partial charge in [-0.3, -0.25) is 4.99 Å². The molecule has 0 atom stereocenters. The van der Waals surface area contributed by atoms with Crippen LogP contribution in [-0.4, -0.2) is 5.71 Å². The van der Waals surface area contributed by atoms with Crippen LogP contribution in [0.2, 0.25) is 0 Å². The Labute approximate surface area is 380 Å². The van der Waals surface area contributed by atoms with E-state index in [1.807, 2.05) is 91.9 Å². The molecule has 0 bridgehead atoms. The highest BCUT2D eigenvalue weighted by Gasteiger charge is 2.15. The molecule has 0 saturated carbocycles. The molecule has 0 aliphatic carbocycles. The predicted octanol–water partition coefficient (Wildman–Crippen LogP) is 17.8. The molecule has 0 aliphatic rings. The second-order valence-corrected chi connectivity index (χ2v) is 17.2. The van der Waals surface area contributed by atoms with Crippen molar-refractivity contribution in [1.29, 1.82) is 0 Å². The first-order chi connectivity index (χ1) is 30.4. The van der Waals surface area contributed by atoms with E-state index in [1.165, 1.54) is 81.4 Å². The van der Waals surface area contributed by atoms with Crippen LogP contribution in [0.3, 0.4) is 0 Å². The van der Waals surface area contributed by atoms with Crippen LogP contribution in [-0.2, 0) is 0 Å². The zero-order valence-corrected chi connectivity index (χ0v) is 39.0. The van der Waals surface area contributed by atoms with Crippen molar-refractivity contribution < 1.29 is 0 Å². The van der Waals surface area contributed by atoms with Crippen molar-refractivity contribution in [3.05, 3.63) is 251 Å². The van der Waals surface area contributed by atoms with Gasteiger partial charge in [0.15, 0.2) is 0 Å². The second kappa shape index (κ2) is 21.8. The number of aliphatic imine (C=N–C) groups is 1. The zero-order valence-electron chi connectivity index (χ0n) is 38.2. The highest BCUT2D eigenvalue weighted by atomic mass is 32.1. The van der Waals surface area contributed by atoms with Crippen LogP contribution < -0.4 is 0 Å². The van der Waals surface area contributed by atoms with Crippen molar-refractivity contribution in [2.75, 3.05) is 0 Å². The molecular weight excluding hydrogens is 779 g/mol. The summed E-state index contributed by atoms with van der Waals surface area (Å²) in [5, 5.41) is 2.74. The van der Waals surface area contributed by atoms with Crippen molar-refractivity contribution in [2.24, 2.45) is 4.99 Å². The Morgan fingerprint density at radius 3 is 1.52 bits per heavy atom. The lowest BCUT2D eigenvalue weighted by Crippen LogP contribution is -1.94. The summed E-state index contributed by atoms with van der Waals surface area (Å²) >= 11 is 1.91. The monoisotopic (exact) mass is 837 g/mol. The van der Waals surface area contributed by atoms with Gasteiger partial charge in [0.25, 0.3) is 0 Å². The standard InChI is InChI=1S/C28H24S.C16H15N.C10H12.C7H8/c1-17-9-5-6-10-21(17)25-16-26(19(3)15-18(25)2)22-13-14-24-23-11-7-8-12-27(23)29-28(24)20(22)4;1-13(15-9-5-3-6-10-15)17-14(2)16-11-7-4-8-12-16;1-8(2)10-6-4-9(3)5-7-10;1-7-5-3-2-4-6-7/h5-16H,1-4H3;3-12H,1H2,2H3;4-7H,1H2,2-3H3;2-6H,1H3. The maximum Gasteiger partial charge on any atom is 0.0633 e. The summed E-state index contributed by atoms with van der Waals surface area (Å²) in [6.07, 6.45) is 0. The fourth-order valence-corrected chi connectivity index (χ4v) is 8.74. The van der Waals surface area contributed by atoms with E-state index in [1.54, 1.807) is 0 Å². The van der Waals surface area contributed by atoms with Gasteiger partial charge in [0.2, 0.25) is 0 Å². The molecule has 0 N–H and O–H groups in total. The normalized spacial score (nSPS) is 10.8. The van der Waals surface area contributed by atoms with Gasteiger partial charge in [0, 0.05) is 25.9 Å². The molecule has 9 aromatic rings. The maximum absolute atomic E-state index is 4.54. The average molecular weight is 838 g/mol. The first-order valence-corrected chi connectivity index (χ1v) is 22.4. The summed E-state index contributed by atoms with van der Waals surface area (Å²) in [4.78, 5) is 4.54. The van der Waals surface area contributed by atoms with Gasteiger partial charge >= 0.3 is 0 Å². The minimum atomic E-state index is 0.798. The Morgan fingerprint density at radius 1 is 0.413 bits per heavy atom. The summed E-state index contributed by atoms with van der Waals surface area (Å²) in [5.74, 6) is 0. The second-order valence-electron chi connectivity index (χ2n) is 16.2. The predicted molar refractivity (Wildman–Crippen MR) is 280 cm³/mol. The number of thiophene rings is 1. The number of benzene rings is 8. The van der Waals surface area contributed by atoms with Crippen LogP contribution in [0, 0.1) is 41.5 Å². The van der Waals surface area contributed by atoms with Gasteiger partial charge < -0.3 is 0 Å². The van der Waals surface area contributed by atoms with E-state index >= 15 is 0 Å². The number of allylic oxidation sites excluding steroid dienone is 1. The fourth-order valence-electron chi connectivity index (χ4n) is 7.54. The van der Waals surface area contributed by atoms with E-state index in [-0.39, 0.29) is 0 Å². The van der Waals surface area contributed by atoms with E-state index in [4.69, 9.17) is 0 Å². The van der Waals surface area contributed by atoms with Crippen molar-refractivity contribution in [2.45, 2.75) is 55.4 Å². The lowest BCUT2D eigenvalue weighted by molar-refractivity contribution is 1.35. The lowest BCUT2D eigenvalue weighted by Gasteiger charge is -2.16. The summed E-state index contributed by atoms with van der Waals surface area (Å²) in [6.45, 7) is 25.0. The van der Waals surface area contributed by atoms with Crippen LogP contribution in [0.4, 0.5) is 0 Å². The van der Waals surface area contributed by atoms with Crippen molar-refractivity contribution in [1.82, 2.24) is 0 Å². The fraction of sp³-hybridized carbons (Fsp3) is 0.131. The molecule has 1 aromatic heterocycles. The highest BCUT2D eigenvalue weighted by Crippen LogP contribution is 2.41. The summed E-state index contributed by atoms with van der Waals surface area (Å²) in [6, 6.07) is 65.6. The van der Waals surface area contributed by atoms with Crippen LogP contribution in [0.1, 0.15) is 63.9 Å². The summed E-state index contributed by atoms with van der Waals surface area (Å²) in [7, 11) is 0. The Balaban J connectivity index is 0.000000163. The van der Waals surface area contributed by atoms with E-state index < -0.39 is 0 Å². The number of nitrogens with zero attached hydrogens (tertiary/aromatic N) is 1. The van der Waals surface area contributed by atoms with E-state index in [0.717, 1.165) is 28.1 Å². The largest absolute Gasteiger partial charge is 0.253 e. The minimum Gasteiger partial charge on any atom is -0.253 e.